The zero-order valence-corrected chi connectivity index (χ0v) is 19.1. The lowest BCUT2D eigenvalue weighted by atomic mass is 10.0. The van der Waals surface area contributed by atoms with Crippen molar-refractivity contribution in [2.45, 2.75) is 19.1 Å². The minimum absolute atomic E-state index is 0.0861. The molecule has 0 saturated carbocycles. The van der Waals surface area contributed by atoms with E-state index in [1.807, 2.05) is 18.2 Å². The molecule has 0 unspecified atom stereocenters. The quantitative estimate of drug-likeness (QED) is 0.447. The minimum atomic E-state index is -3.61. The summed E-state index contributed by atoms with van der Waals surface area (Å²) in [6.07, 6.45) is 1.55. The van der Waals surface area contributed by atoms with Gasteiger partial charge < -0.3 is 10.5 Å². The Morgan fingerprint density at radius 1 is 1.06 bits per heavy atom. The van der Waals surface area contributed by atoms with E-state index >= 15 is 0 Å². The van der Waals surface area contributed by atoms with E-state index in [9.17, 15) is 13.2 Å². The van der Waals surface area contributed by atoms with E-state index in [4.69, 9.17) is 10.5 Å². The molecule has 0 saturated heterocycles. The Balaban J connectivity index is 1.85. The number of anilines is 2. The van der Waals surface area contributed by atoms with E-state index in [0.29, 0.717) is 27.7 Å². The van der Waals surface area contributed by atoms with Crippen molar-refractivity contribution >= 4 is 32.6 Å². The molecule has 0 aliphatic carbocycles. The van der Waals surface area contributed by atoms with Crippen LogP contribution in [0.4, 0.5) is 11.6 Å². The molecule has 0 fully saturated rings. The van der Waals surface area contributed by atoms with E-state index in [2.05, 4.69) is 14.7 Å². The maximum Gasteiger partial charge on any atom is 0.267 e. The summed E-state index contributed by atoms with van der Waals surface area (Å²) in [5.41, 5.74) is 8.28. The average Bonchev–Trinajstić information content (AvgIpc) is 2.79. The van der Waals surface area contributed by atoms with Crippen molar-refractivity contribution in [2.75, 3.05) is 17.6 Å². The van der Waals surface area contributed by atoms with Gasteiger partial charge in [-0.25, -0.2) is 23.0 Å². The highest BCUT2D eigenvalue weighted by Gasteiger charge is 2.19. The molecular weight excluding hydrogens is 442 g/mol. The molecule has 9 nitrogen and oxygen atoms in total. The number of nitrogens with two attached hydrogens (primary N) is 1. The first kappa shape index (κ1) is 22.3. The van der Waals surface area contributed by atoms with Crippen LogP contribution in [-0.2, 0) is 10.0 Å². The Hall–Kier alpha value is -3.92. The fourth-order valence-corrected chi connectivity index (χ4v) is 4.01. The SMILES string of the molecule is COc1ncc(-c2ccc3nc(N)n(-c4ccccc4)c(=O)c3c2)cc1NS(=O)(=O)C(C)C. The van der Waals surface area contributed by atoms with Gasteiger partial charge in [0.2, 0.25) is 21.9 Å². The number of hydrogen-bond donors (Lipinski definition) is 2. The number of para-hydroxylation sites is 1. The predicted molar refractivity (Wildman–Crippen MR) is 129 cm³/mol. The molecule has 4 aromatic rings. The lowest BCUT2D eigenvalue weighted by molar-refractivity contribution is 0.400. The molecule has 170 valence electrons. The van der Waals surface area contributed by atoms with Gasteiger partial charge in [-0.3, -0.25) is 9.52 Å². The van der Waals surface area contributed by atoms with Crippen LogP contribution in [0.15, 0.2) is 65.6 Å². The number of ether oxygens (including phenoxy) is 1. The topological polar surface area (TPSA) is 129 Å². The summed E-state index contributed by atoms with van der Waals surface area (Å²) in [6, 6.07) is 15.8. The third kappa shape index (κ3) is 4.24. The zero-order valence-electron chi connectivity index (χ0n) is 18.3. The van der Waals surface area contributed by atoms with Crippen LogP contribution >= 0.6 is 0 Å². The second kappa shape index (κ2) is 8.55. The number of sulfonamides is 1. The minimum Gasteiger partial charge on any atom is -0.480 e. The fourth-order valence-electron chi connectivity index (χ4n) is 3.33. The van der Waals surface area contributed by atoms with Crippen LogP contribution < -0.4 is 20.8 Å². The predicted octanol–water partition coefficient (Wildman–Crippen LogP) is 3.19. The third-order valence-electron chi connectivity index (χ3n) is 5.16. The number of rotatable bonds is 6. The van der Waals surface area contributed by atoms with Crippen molar-refractivity contribution in [3.63, 3.8) is 0 Å². The molecule has 10 heteroatoms. The molecule has 2 aromatic carbocycles. The summed E-state index contributed by atoms with van der Waals surface area (Å²) < 4.78 is 33.8. The molecule has 4 rings (SSSR count). The van der Waals surface area contributed by atoms with Crippen molar-refractivity contribution in [3.8, 4) is 22.7 Å². The van der Waals surface area contributed by atoms with Gasteiger partial charge in [-0.1, -0.05) is 24.3 Å². The lowest BCUT2D eigenvalue weighted by Gasteiger charge is -2.15. The summed E-state index contributed by atoms with van der Waals surface area (Å²) in [4.78, 5) is 21.9. The van der Waals surface area contributed by atoms with Crippen molar-refractivity contribution in [3.05, 3.63) is 71.1 Å². The van der Waals surface area contributed by atoms with Gasteiger partial charge in [0.05, 0.1) is 29.0 Å². The molecule has 33 heavy (non-hydrogen) atoms. The van der Waals surface area contributed by atoms with Crippen LogP contribution in [0.25, 0.3) is 27.7 Å². The molecule has 3 N–H and O–H groups in total. The Morgan fingerprint density at radius 3 is 2.45 bits per heavy atom. The standard InChI is InChI=1S/C23H23N5O4S/c1-14(2)33(30,31)27-20-12-16(13-25-21(20)32-3)15-9-10-19-18(11-15)22(29)28(23(24)26-19)17-7-5-4-6-8-17/h4-14,27H,1-3H3,(H2,24,26). The van der Waals surface area contributed by atoms with Crippen LogP contribution in [0.2, 0.25) is 0 Å². The van der Waals surface area contributed by atoms with E-state index in [0.717, 1.165) is 0 Å². The zero-order chi connectivity index (χ0) is 23.8. The Labute approximate surface area is 190 Å². The number of fused-ring (bicyclic) bond motifs is 1. The van der Waals surface area contributed by atoms with Gasteiger partial charge in [-0.05, 0) is 49.7 Å². The number of aromatic nitrogens is 3. The first-order chi connectivity index (χ1) is 15.7. The summed E-state index contributed by atoms with van der Waals surface area (Å²) in [5.74, 6) is 0.229. The van der Waals surface area contributed by atoms with Crippen molar-refractivity contribution in [2.24, 2.45) is 0 Å². The lowest BCUT2D eigenvalue weighted by Crippen LogP contribution is -2.23. The molecule has 0 bridgehead atoms. The first-order valence-electron chi connectivity index (χ1n) is 10.1. The van der Waals surface area contributed by atoms with Gasteiger partial charge in [0.15, 0.2) is 0 Å². The summed E-state index contributed by atoms with van der Waals surface area (Å²) in [6.45, 7) is 3.15. The maximum atomic E-state index is 13.3. The van der Waals surface area contributed by atoms with Crippen LogP contribution in [0.3, 0.4) is 0 Å². The normalized spacial score (nSPS) is 11.6. The highest BCUT2D eigenvalue weighted by molar-refractivity contribution is 7.93. The second-order valence-corrected chi connectivity index (χ2v) is 9.89. The van der Waals surface area contributed by atoms with E-state index in [1.165, 1.54) is 11.7 Å². The fraction of sp³-hybridized carbons (Fsp3) is 0.174. The summed E-state index contributed by atoms with van der Waals surface area (Å²) in [5, 5.41) is -0.273. The molecular formula is C23H23N5O4S. The smallest absolute Gasteiger partial charge is 0.267 e. The Kier molecular flexibility index (Phi) is 5.77. The number of nitrogens with zero attached hydrogens (tertiary/aromatic N) is 3. The summed E-state index contributed by atoms with van der Waals surface area (Å²) >= 11 is 0. The van der Waals surface area contributed by atoms with E-state index in [1.54, 1.807) is 56.4 Å². The van der Waals surface area contributed by atoms with Gasteiger partial charge in [-0.15, -0.1) is 0 Å². The highest BCUT2D eigenvalue weighted by Crippen LogP contribution is 2.30. The number of hydrogen-bond acceptors (Lipinski definition) is 7. The molecule has 2 heterocycles. The van der Waals surface area contributed by atoms with Crippen molar-refractivity contribution < 1.29 is 13.2 Å². The van der Waals surface area contributed by atoms with Crippen LogP contribution in [0.5, 0.6) is 5.88 Å². The van der Waals surface area contributed by atoms with E-state index in [-0.39, 0.29) is 23.1 Å². The molecule has 2 aromatic heterocycles. The third-order valence-corrected chi connectivity index (χ3v) is 6.90. The number of nitrogens with one attached hydrogen (secondary N) is 1. The molecule has 0 aliphatic rings. The van der Waals surface area contributed by atoms with Crippen molar-refractivity contribution in [1.82, 2.24) is 14.5 Å². The van der Waals surface area contributed by atoms with Gasteiger partial charge in [0, 0.05) is 11.8 Å². The monoisotopic (exact) mass is 465 g/mol. The number of nitrogen functional groups attached to an aromatic ring is 1. The molecule has 0 atom stereocenters. The van der Waals surface area contributed by atoms with Gasteiger partial charge in [0.1, 0.15) is 5.69 Å². The van der Waals surface area contributed by atoms with Gasteiger partial charge in [0.25, 0.3) is 5.56 Å². The van der Waals surface area contributed by atoms with Crippen LogP contribution in [0, 0.1) is 0 Å². The maximum absolute atomic E-state index is 13.3. The van der Waals surface area contributed by atoms with Crippen LogP contribution in [-0.4, -0.2) is 35.3 Å². The molecule has 0 spiro atoms. The Bertz CT molecular complexity index is 1500. The number of methoxy groups -OCH3 is 1. The average molecular weight is 466 g/mol. The van der Waals surface area contributed by atoms with Gasteiger partial charge in [-0.2, -0.15) is 0 Å². The number of benzene rings is 2. The molecule has 0 radical (unpaired) electrons. The number of pyridine rings is 1. The Morgan fingerprint density at radius 2 is 1.79 bits per heavy atom. The molecule has 0 amide bonds. The second-order valence-electron chi connectivity index (χ2n) is 7.65. The molecule has 0 aliphatic heterocycles. The summed E-state index contributed by atoms with van der Waals surface area (Å²) in [7, 11) is -2.20. The first-order valence-corrected chi connectivity index (χ1v) is 11.7. The van der Waals surface area contributed by atoms with Gasteiger partial charge >= 0.3 is 0 Å². The van der Waals surface area contributed by atoms with E-state index < -0.39 is 15.3 Å². The largest absolute Gasteiger partial charge is 0.480 e. The van der Waals surface area contributed by atoms with Crippen molar-refractivity contribution in [1.29, 1.82) is 0 Å². The van der Waals surface area contributed by atoms with Crippen LogP contribution in [0.1, 0.15) is 13.8 Å². The highest BCUT2D eigenvalue weighted by atomic mass is 32.2.